The molecule has 4 aromatic rings. The minimum absolute atomic E-state index is 0.0293. The highest BCUT2D eigenvalue weighted by Crippen LogP contribution is 2.59. The summed E-state index contributed by atoms with van der Waals surface area (Å²) in [6, 6.07) is 8.80. The molecule has 3 atom stereocenters. The lowest BCUT2D eigenvalue weighted by molar-refractivity contribution is -0.137. The fraction of sp³-hybridized carbons (Fsp3) is 0.333. The van der Waals surface area contributed by atoms with Crippen molar-refractivity contribution in [1.29, 1.82) is 0 Å². The summed E-state index contributed by atoms with van der Waals surface area (Å²) in [5.74, 6) is 0.711. The van der Waals surface area contributed by atoms with Crippen LogP contribution in [-0.2, 0) is 16.0 Å². The number of nitrogens with zero attached hydrogens (tertiary/aromatic N) is 5. The van der Waals surface area contributed by atoms with Gasteiger partial charge in [0.05, 0.1) is 12.1 Å². The van der Waals surface area contributed by atoms with E-state index in [1.807, 2.05) is 48.7 Å². The van der Waals surface area contributed by atoms with Crippen LogP contribution < -0.4 is 5.32 Å². The number of rotatable bonds is 6. The number of carbonyl (C=O) groups excluding carboxylic acids is 3. The maximum absolute atomic E-state index is 13.8. The van der Waals surface area contributed by atoms with E-state index in [0.29, 0.717) is 28.4 Å². The Labute approximate surface area is 240 Å². The van der Waals surface area contributed by atoms with Crippen LogP contribution in [0.25, 0.3) is 16.6 Å². The number of ketones is 1. The van der Waals surface area contributed by atoms with E-state index in [0.717, 1.165) is 34.2 Å². The van der Waals surface area contributed by atoms with Crippen molar-refractivity contribution in [3.8, 4) is 11.1 Å². The Kier molecular flexibility index (Phi) is 6.33. The van der Waals surface area contributed by atoms with Gasteiger partial charge in [0.2, 0.25) is 11.8 Å². The van der Waals surface area contributed by atoms with E-state index < -0.39 is 6.04 Å². The number of pyridine rings is 2. The molecule has 1 saturated heterocycles. The molecular weight excluding hydrogens is 572 g/mol. The lowest BCUT2D eigenvalue weighted by Crippen LogP contribution is -2.46. The molecule has 2 amide bonds. The molecule has 1 N–H and O–H groups in total. The van der Waals surface area contributed by atoms with Gasteiger partial charge in [-0.05, 0) is 77.4 Å². The summed E-state index contributed by atoms with van der Waals surface area (Å²) in [5.41, 5.74) is 4.51. The number of halogens is 1. The summed E-state index contributed by atoms with van der Waals surface area (Å²) in [4.78, 5) is 54.6. The van der Waals surface area contributed by atoms with E-state index >= 15 is 0 Å². The zero-order valence-electron chi connectivity index (χ0n) is 22.7. The summed E-state index contributed by atoms with van der Waals surface area (Å²) < 4.78 is 2.46. The van der Waals surface area contributed by atoms with Crippen molar-refractivity contribution in [2.45, 2.75) is 59.0 Å². The second-order valence-corrected chi connectivity index (χ2v) is 12.0. The summed E-state index contributed by atoms with van der Waals surface area (Å²) in [7, 11) is 0. The van der Waals surface area contributed by atoms with Gasteiger partial charge in [-0.2, -0.15) is 0 Å². The summed E-state index contributed by atoms with van der Waals surface area (Å²) in [6.07, 6.45) is 6.97. The van der Waals surface area contributed by atoms with Crippen molar-refractivity contribution in [2.24, 2.45) is 5.41 Å². The van der Waals surface area contributed by atoms with E-state index in [4.69, 9.17) is 0 Å². The van der Waals surface area contributed by atoms with Crippen LogP contribution in [-0.4, -0.2) is 53.9 Å². The molecule has 0 aromatic carbocycles. The Morgan fingerprint density at radius 1 is 1.07 bits per heavy atom. The first-order chi connectivity index (χ1) is 19.0. The summed E-state index contributed by atoms with van der Waals surface area (Å²) in [6.45, 7) is 7.36. The largest absolute Gasteiger partial charge is 0.327 e. The summed E-state index contributed by atoms with van der Waals surface area (Å²) in [5, 5.41) is 2.94. The Balaban J connectivity index is 1.29. The second-order valence-electron chi connectivity index (χ2n) is 11.2. The SMILES string of the molecule is CC(=O)c1cc(CC(=O)N2[C@H](C(=O)Nc3nc(Br)ccc3C)C[C@@]3(C)C[C@@H]23)c2ccc(-c3cnc(C)nc3)cn12. The molecule has 9 nitrogen and oxygen atoms in total. The van der Waals surface area contributed by atoms with Crippen molar-refractivity contribution in [3.63, 3.8) is 0 Å². The quantitative estimate of drug-likeness (QED) is 0.248. The number of fused-ring (bicyclic) bond motifs is 2. The van der Waals surface area contributed by atoms with E-state index in [1.54, 1.807) is 23.4 Å². The normalized spacial score (nSPS) is 21.4. The third-order valence-electron chi connectivity index (χ3n) is 8.20. The number of hydrogen-bond donors (Lipinski definition) is 1. The van der Waals surface area contributed by atoms with E-state index in [1.165, 1.54) is 6.92 Å². The fourth-order valence-corrected chi connectivity index (χ4v) is 6.15. The standard InChI is InChI=1S/C30H29BrN6O3/c1-16-5-8-26(31)34-28(16)35-29(40)24-11-30(4)12-25(30)37(24)27(39)10-20-9-23(17(2)38)36-15-19(6-7-22(20)36)21-13-32-18(3)33-14-21/h5-9,13-15,24-25H,10-12H2,1-4H3,(H,34,35,40)/t24-,25+,30-/m0/s1. The van der Waals surface area contributed by atoms with Crippen LogP contribution in [0.15, 0.2) is 53.5 Å². The van der Waals surface area contributed by atoms with Gasteiger partial charge in [0.15, 0.2) is 5.78 Å². The van der Waals surface area contributed by atoms with Gasteiger partial charge in [-0.25, -0.2) is 15.0 Å². The molecule has 5 heterocycles. The Hall–Kier alpha value is -3.92. The van der Waals surface area contributed by atoms with Crippen LogP contribution >= 0.6 is 15.9 Å². The van der Waals surface area contributed by atoms with Crippen LogP contribution in [0.1, 0.15) is 54.1 Å². The average molecular weight is 602 g/mol. The van der Waals surface area contributed by atoms with Gasteiger partial charge in [-0.1, -0.05) is 19.1 Å². The van der Waals surface area contributed by atoms with Crippen molar-refractivity contribution in [3.05, 3.63) is 76.2 Å². The highest BCUT2D eigenvalue weighted by molar-refractivity contribution is 9.10. The van der Waals surface area contributed by atoms with Crippen LogP contribution in [0, 0.1) is 19.3 Å². The molecule has 1 saturated carbocycles. The van der Waals surface area contributed by atoms with E-state index in [-0.39, 0.29) is 35.5 Å². The molecule has 10 heteroatoms. The van der Waals surface area contributed by atoms with E-state index in [9.17, 15) is 14.4 Å². The molecule has 1 aliphatic heterocycles. The molecule has 4 aromatic heterocycles. The number of aryl methyl sites for hydroxylation is 2. The Morgan fingerprint density at radius 2 is 1.82 bits per heavy atom. The maximum Gasteiger partial charge on any atom is 0.248 e. The monoisotopic (exact) mass is 600 g/mol. The van der Waals surface area contributed by atoms with Crippen LogP contribution in [0.5, 0.6) is 0 Å². The first kappa shape index (κ1) is 26.3. The number of hydrogen-bond acceptors (Lipinski definition) is 6. The van der Waals surface area contributed by atoms with Gasteiger partial charge >= 0.3 is 0 Å². The van der Waals surface area contributed by atoms with Crippen molar-refractivity contribution in [2.75, 3.05) is 5.32 Å². The van der Waals surface area contributed by atoms with Crippen LogP contribution in [0.3, 0.4) is 0 Å². The molecular formula is C30H29BrN6O3. The smallest absolute Gasteiger partial charge is 0.248 e. The number of likely N-dealkylation sites (tertiary alicyclic amines) is 1. The predicted molar refractivity (Wildman–Crippen MR) is 154 cm³/mol. The molecule has 40 heavy (non-hydrogen) atoms. The molecule has 0 radical (unpaired) electrons. The number of piperidine rings is 1. The number of nitrogens with one attached hydrogen (secondary N) is 1. The minimum Gasteiger partial charge on any atom is -0.327 e. The molecule has 2 aliphatic rings. The Morgan fingerprint density at radius 3 is 2.55 bits per heavy atom. The average Bonchev–Trinajstić information content (AvgIpc) is 3.28. The topological polar surface area (TPSA) is 110 Å². The lowest BCUT2D eigenvalue weighted by atomic mass is 10.0. The van der Waals surface area contributed by atoms with Gasteiger partial charge in [-0.3, -0.25) is 14.4 Å². The van der Waals surface area contributed by atoms with Gasteiger partial charge < -0.3 is 14.6 Å². The zero-order valence-corrected chi connectivity index (χ0v) is 24.3. The van der Waals surface area contributed by atoms with Crippen molar-refractivity contribution in [1.82, 2.24) is 24.3 Å². The number of anilines is 1. The molecule has 0 unspecified atom stereocenters. The lowest BCUT2D eigenvalue weighted by Gasteiger charge is -2.27. The molecule has 204 valence electrons. The Bertz CT molecular complexity index is 1700. The second kappa shape index (κ2) is 9.62. The number of aromatic nitrogens is 4. The highest BCUT2D eigenvalue weighted by Gasteiger charge is 2.64. The summed E-state index contributed by atoms with van der Waals surface area (Å²) >= 11 is 3.36. The van der Waals surface area contributed by atoms with Crippen molar-refractivity contribution < 1.29 is 14.4 Å². The molecule has 0 bridgehead atoms. The first-order valence-corrected chi connectivity index (χ1v) is 14.0. The minimum atomic E-state index is -0.578. The third-order valence-corrected chi connectivity index (χ3v) is 8.64. The molecule has 2 fully saturated rings. The number of amides is 2. The van der Waals surface area contributed by atoms with Gasteiger partial charge in [0, 0.05) is 48.2 Å². The molecule has 6 rings (SSSR count). The highest BCUT2D eigenvalue weighted by atomic mass is 79.9. The van der Waals surface area contributed by atoms with Crippen LogP contribution in [0.4, 0.5) is 5.82 Å². The number of carbonyl (C=O) groups is 3. The van der Waals surface area contributed by atoms with Gasteiger partial charge in [-0.15, -0.1) is 0 Å². The van der Waals surface area contributed by atoms with E-state index in [2.05, 4.69) is 43.1 Å². The molecule has 0 spiro atoms. The third kappa shape index (κ3) is 4.60. The van der Waals surface area contributed by atoms with Crippen LogP contribution in [0.2, 0.25) is 0 Å². The number of Topliss-reactive ketones (excluding diaryl/α,β-unsaturated/α-hetero) is 1. The predicted octanol–water partition coefficient (Wildman–Crippen LogP) is 4.93. The first-order valence-electron chi connectivity index (χ1n) is 13.2. The van der Waals surface area contributed by atoms with Gasteiger partial charge in [0.25, 0.3) is 0 Å². The van der Waals surface area contributed by atoms with Gasteiger partial charge in [0.1, 0.15) is 22.3 Å². The maximum atomic E-state index is 13.8. The van der Waals surface area contributed by atoms with Crippen molar-refractivity contribution >= 4 is 44.9 Å². The zero-order chi connectivity index (χ0) is 28.3. The molecule has 1 aliphatic carbocycles. The fourth-order valence-electron chi connectivity index (χ4n) is 5.84.